The molecule has 1 saturated heterocycles. The SMILES string of the molecule is CC(C)c1ccc2c(c1)CC[C@@H]1[C@](C)(CNc3ccc(N4C(=O)[C@H]5CC[C@@H](C)C[C@H]5C4=O)cc3[N+](=O)[O-])CCC[C@]21C. The van der Waals surface area contributed by atoms with Crippen LogP contribution in [-0.2, 0) is 21.4 Å². The van der Waals surface area contributed by atoms with Gasteiger partial charge in [-0.05, 0) is 102 Å². The Labute approximate surface area is 249 Å². The Balaban J connectivity index is 1.24. The Kier molecular flexibility index (Phi) is 7.22. The Bertz CT molecular complexity index is 1440. The van der Waals surface area contributed by atoms with Gasteiger partial charge in [0.15, 0.2) is 0 Å². The second-order valence-corrected chi connectivity index (χ2v) is 14.5. The highest BCUT2D eigenvalue weighted by molar-refractivity contribution is 6.22. The van der Waals surface area contributed by atoms with Crippen LogP contribution in [0.1, 0.15) is 102 Å². The van der Waals surface area contributed by atoms with Gasteiger partial charge >= 0.3 is 0 Å². The summed E-state index contributed by atoms with van der Waals surface area (Å²) in [5, 5.41) is 15.7. The second-order valence-electron chi connectivity index (χ2n) is 14.5. The molecule has 4 aliphatic rings. The Hall–Kier alpha value is -3.22. The average Bonchev–Trinajstić information content (AvgIpc) is 3.20. The van der Waals surface area contributed by atoms with E-state index >= 15 is 0 Å². The number of amides is 2. The van der Waals surface area contributed by atoms with Gasteiger partial charge in [-0.15, -0.1) is 0 Å². The number of hydrogen-bond donors (Lipinski definition) is 1. The molecule has 3 fully saturated rings. The first-order valence-corrected chi connectivity index (χ1v) is 16.0. The molecule has 0 aromatic heterocycles. The zero-order valence-electron chi connectivity index (χ0n) is 25.7. The smallest absolute Gasteiger partial charge is 0.294 e. The summed E-state index contributed by atoms with van der Waals surface area (Å²) in [6, 6.07) is 11.9. The zero-order valence-corrected chi connectivity index (χ0v) is 25.7. The maximum absolute atomic E-state index is 13.3. The third kappa shape index (κ3) is 4.64. The van der Waals surface area contributed by atoms with Gasteiger partial charge in [0, 0.05) is 12.6 Å². The first-order chi connectivity index (χ1) is 19.9. The number of aryl methyl sites for hydroxylation is 1. The topological polar surface area (TPSA) is 92.6 Å². The van der Waals surface area contributed by atoms with E-state index in [4.69, 9.17) is 0 Å². The summed E-state index contributed by atoms with van der Waals surface area (Å²) in [4.78, 5) is 39.5. The van der Waals surface area contributed by atoms with Gasteiger partial charge in [0.1, 0.15) is 5.69 Å². The summed E-state index contributed by atoms with van der Waals surface area (Å²) in [6.45, 7) is 12.0. The molecule has 42 heavy (non-hydrogen) atoms. The third-order valence-corrected chi connectivity index (χ3v) is 11.5. The molecular formula is C35H45N3O4. The summed E-state index contributed by atoms with van der Waals surface area (Å²) < 4.78 is 0. The number of rotatable bonds is 6. The maximum Gasteiger partial charge on any atom is 0.294 e. The van der Waals surface area contributed by atoms with Crippen LogP contribution in [0.3, 0.4) is 0 Å². The Morgan fingerprint density at radius 2 is 1.79 bits per heavy atom. The minimum atomic E-state index is -0.400. The molecule has 224 valence electrons. The summed E-state index contributed by atoms with van der Waals surface area (Å²) in [6.07, 6.45) is 7.88. The van der Waals surface area contributed by atoms with Crippen LogP contribution in [0.4, 0.5) is 17.1 Å². The normalized spacial score (nSPS) is 32.4. The number of carbonyl (C=O) groups is 2. The number of anilines is 2. The van der Waals surface area contributed by atoms with E-state index in [2.05, 4.69) is 58.1 Å². The van der Waals surface area contributed by atoms with E-state index in [9.17, 15) is 19.7 Å². The third-order valence-electron chi connectivity index (χ3n) is 11.5. The molecule has 7 heteroatoms. The second kappa shape index (κ2) is 10.5. The average molecular weight is 572 g/mol. The molecule has 6 atom stereocenters. The number of benzene rings is 2. The van der Waals surface area contributed by atoms with Crippen LogP contribution in [-0.4, -0.2) is 23.3 Å². The minimum Gasteiger partial charge on any atom is -0.379 e. The van der Waals surface area contributed by atoms with Crippen LogP contribution in [0.2, 0.25) is 0 Å². The lowest BCUT2D eigenvalue weighted by atomic mass is 9.49. The van der Waals surface area contributed by atoms with Crippen molar-refractivity contribution in [3.63, 3.8) is 0 Å². The van der Waals surface area contributed by atoms with E-state index in [1.54, 1.807) is 12.1 Å². The van der Waals surface area contributed by atoms with Gasteiger partial charge in [0.25, 0.3) is 5.69 Å². The van der Waals surface area contributed by atoms with E-state index in [0.717, 1.165) is 38.5 Å². The molecule has 2 amide bonds. The van der Waals surface area contributed by atoms with Gasteiger partial charge in [-0.1, -0.05) is 59.2 Å². The molecule has 2 aromatic carbocycles. The molecular weight excluding hydrogens is 526 g/mol. The van der Waals surface area contributed by atoms with Crippen LogP contribution in [0.5, 0.6) is 0 Å². The predicted molar refractivity (Wildman–Crippen MR) is 166 cm³/mol. The molecule has 6 rings (SSSR count). The first kappa shape index (κ1) is 28.9. The van der Waals surface area contributed by atoms with Gasteiger partial charge in [-0.3, -0.25) is 19.7 Å². The van der Waals surface area contributed by atoms with Crippen molar-refractivity contribution in [1.29, 1.82) is 0 Å². The maximum atomic E-state index is 13.3. The van der Waals surface area contributed by atoms with Crippen LogP contribution in [0.25, 0.3) is 0 Å². The van der Waals surface area contributed by atoms with Gasteiger partial charge in [0.05, 0.1) is 22.4 Å². The quantitative estimate of drug-likeness (QED) is 0.217. The van der Waals surface area contributed by atoms with Gasteiger partial charge in [0.2, 0.25) is 11.8 Å². The van der Waals surface area contributed by atoms with Crippen molar-refractivity contribution in [2.45, 2.75) is 97.3 Å². The standard InChI is InChI=1S/C35H45N3O4/c1-21(2)23-8-12-28-24(18-23)9-14-31-34(4,15-6-16-35(28,31)5)20-36-29-13-10-25(19-30(29)38(41)42)37-32(39)26-11-7-22(3)17-27(26)33(37)40/h8,10,12-13,18-19,21-22,26-27,31,36H,6-7,9,11,14-17,20H2,1-5H3/t22-,26+,27-,31-,34+,35-/m1/s1. The van der Waals surface area contributed by atoms with E-state index in [1.807, 2.05) is 0 Å². The van der Waals surface area contributed by atoms with E-state index in [-0.39, 0.29) is 40.2 Å². The molecule has 0 spiro atoms. The highest BCUT2D eigenvalue weighted by Crippen LogP contribution is 2.57. The lowest BCUT2D eigenvalue weighted by molar-refractivity contribution is -0.383. The first-order valence-electron chi connectivity index (χ1n) is 16.0. The van der Waals surface area contributed by atoms with Crippen LogP contribution in [0.15, 0.2) is 36.4 Å². The molecule has 2 aromatic rings. The predicted octanol–water partition coefficient (Wildman–Crippen LogP) is 7.77. The molecule has 3 aliphatic carbocycles. The van der Waals surface area contributed by atoms with Crippen LogP contribution >= 0.6 is 0 Å². The number of nitro benzene ring substituents is 1. The van der Waals surface area contributed by atoms with Crippen molar-refractivity contribution in [3.8, 4) is 0 Å². The van der Waals surface area contributed by atoms with Crippen molar-refractivity contribution >= 4 is 28.9 Å². The highest BCUT2D eigenvalue weighted by atomic mass is 16.6. The van der Waals surface area contributed by atoms with Crippen molar-refractivity contribution in [1.82, 2.24) is 0 Å². The van der Waals surface area contributed by atoms with Crippen molar-refractivity contribution in [2.24, 2.45) is 29.1 Å². The summed E-state index contributed by atoms with van der Waals surface area (Å²) >= 11 is 0. The van der Waals surface area contributed by atoms with Crippen LogP contribution in [0, 0.1) is 39.2 Å². The molecule has 1 N–H and O–H groups in total. The van der Waals surface area contributed by atoms with Gasteiger partial charge < -0.3 is 5.32 Å². The fraction of sp³-hybridized carbons (Fsp3) is 0.600. The molecule has 2 saturated carbocycles. The van der Waals surface area contributed by atoms with E-state index in [0.29, 0.717) is 48.5 Å². The summed E-state index contributed by atoms with van der Waals surface area (Å²) in [5.41, 5.74) is 5.10. The lowest BCUT2D eigenvalue weighted by Crippen LogP contribution is -2.51. The lowest BCUT2D eigenvalue weighted by Gasteiger charge is -2.55. The molecule has 1 heterocycles. The number of imide groups is 1. The minimum absolute atomic E-state index is 0.0266. The number of nitrogens with zero attached hydrogens (tertiary/aromatic N) is 2. The fourth-order valence-electron chi connectivity index (χ4n) is 9.12. The number of nitrogens with one attached hydrogen (secondary N) is 1. The largest absolute Gasteiger partial charge is 0.379 e. The number of fused-ring (bicyclic) bond motifs is 4. The van der Waals surface area contributed by atoms with Crippen molar-refractivity contribution in [2.75, 3.05) is 16.8 Å². The molecule has 0 radical (unpaired) electrons. The fourth-order valence-corrected chi connectivity index (χ4v) is 9.12. The van der Waals surface area contributed by atoms with Gasteiger partial charge in [-0.2, -0.15) is 0 Å². The van der Waals surface area contributed by atoms with Gasteiger partial charge in [-0.25, -0.2) is 4.90 Å². The molecule has 0 bridgehead atoms. The molecule has 7 nitrogen and oxygen atoms in total. The Morgan fingerprint density at radius 3 is 2.52 bits per heavy atom. The van der Waals surface area contributed by atoms with E-state index < -0.39 is 4.92 Å². The van der Waals surface area contributed by atoms with Crippen LogP contribution < -0.4 is 10.2 Å². The summed E-state index contributed by atoms with van der Waals surface area (Å²) in [5.74, 6) is 0.352. The summed E-state index contributed by atoms with van der Waals surface area (Å²) in [7, 11) is 0. The number of hydrogen-bond acceptors (Lipinski definition) is 5. The highest BCUT2D eigenvalue weighted by Gasteiger charge is 2.52. The molecule has 1 aliphatic heterocycles. The zero-order chi connectivity index (χ0) is 30.0. The monoisotopic (exact) mass is 571 g/mol. The molecule has 0 unspecified atom stereocenters. The Morgan fingerprint density at radius 1 is 1.02 bits per heavy atom. The van der Waals surface area contributed by atoms with Crippen molar-refractivity contribution < 1.29 is 14.5 Å². The van der Waals surface area contributed by atoms with E-state index in [1.165, 1.54) is 27.7 Å². The number of carbonyl (C=O) groups excluding carboxylic acids is 2. The number of nitro groups is 1. The van der Waals surface area contributed by atoms with Crippen molar-refractivity contribution in [3.05, 3.63) is 63.2 Å².